The van der Waals surface area contributed by atoms with E-state index in [1.54, 1.807) is 43.3 Å². The summed E-state index contributed by atoms with van der Waals surface area (Å²) in [4.78, 5) is 35.5. The molecule has 0 aliphatic carbocycles. The molecule has 0 aromatic heterocycles. The Bertz CT molecular complexity index is 1390. The number of benzene rings is 3. The fourth-order valence-electron chi connectivity index (χ4n) is 3.26. The van der Waals surface area contributed by atoms with Crippen molar-refractivity contribution in [2.75, 3.05) is 28.8 Å². The Balaban J connectivity index is 1.58. The van der Waals surface area contributed by atoms with Crippen molar-refractivity contribution in [2.24, 2.45) is 0 Å². The van der Waals surface area contributed by atoms with Crippen LogP contribution in [0.15, 0.2) is 71.6 Å². The molecule has 3 N–H and O–H groups in total. The number of rotatable bonds is 9. The summed E-state index contributed by atoms with van der Waals surface area (Å²) in [5.74, 6) is -0.749. The highest BCUT2D eigenvalue weighted by molar-refractivity contribution is 7.90. The van der Waals surface area contributed by atoms with E-state index >= 15 is 0 Å². The Morgan fingerprint density at radius 1 is 0.943 bits per heavy atom. The van der Waals surface area contributed by atoms with Gasteiger partial charge in [-0.25, -0.2) is 8.42 Å². The second kappa shape index (κ2) is 10.8. The highest BCUT2D eigenvalue weighted by atomic mass is 32.2. The second-order valence-electron chi connectivity index (χ2n) is 7.78. The lowest BCUT2D eigenvalue weighted by atomic mass is 10.1. The molecule has 3 rings (SSSR count). The number of nitrogens with one attached hydrogen (secondary N) is 3. The average molecular weight is 497 g/mol. The number of nitro groups is 1. The Labute approximate surface area is 202 Å². The molecule has 3 aromatic carbocycles. The zero-order valence-electron chi connectivity index (χ0n) is 19.1. The molecule has 10 nitrogen and oxygen atoms in total. The van der Waals surface area contributed by atoms with Crippen LogP contribution in [0.1, 0.15) is 22.3 Å². The third-order valence-corrected chi connectivity index (χ3v) is 6.16. The predicted molar refractivity (Wildman–Crippen MR) is 134 cm³/mol. The zero-order valence-corrected chi connectivity index (χ0v) is 19.9. The first-order valence-electron chi connectivity index (χ1n) is 10.5. The summed E-state index contributed by atoms with van der Waals surface area (Å²) in [5.41, 5.74) is 2.20. The van der Waals surface area contributed by atoms with Gasteiger partial charge in [-0.05, 0) is 55.0 Å². The van der Waals surface area contributed by atoms with E-state index in [-0.39, 0.29) is 35.0 Å². The van der Waals surface area contributed by atoms with Gasteiger partial charge >= 0.3 is 0 Å². The molecule has 0 spiro atoms. The van der Waals surface area contributed by atoms with Gasteiger partial charge in [-0.1, -0.05) is 18.2 Å². The first-order chi connectivity index (χ1) is 16.5. The smallest absolute Gasteiger partial charge is 0.292 e. The molecular formula is C24H24N4O6S. The number of hydrogen-bond donors (Lipinski definition) is 3. The van der Waals surface area contributed by atoms with E-state index in [1.807, 2.05) is 0 Å². The van der Waals surface area contributed by atoms with E-state index in [0.717, 1.165) is 6.26 Å². The molecule has 0 aliphatic rings. The van der Waals surface area contributed by atoms with Crippen LogP contribution in [-0.4, -0.2) is 38.0 Å². The highest BCUT2D eigenvalue weighted by Crippen LogP contribution is 2.24. The third-order valence-electron chi connectivity index (χ3n) is 5.05. The van der Waals surface area contributed by atoms with Crippen LogP contribution in [0.4, 0.5) is 22.7 Å². The number of sulfone groups is 1. The fourth-order valence-corrected chi connectivity index (χ4v) is 3.93. The van der Waals surface area contributed by atoms with Gasteiger partial charge in [0.05, 0.1) is 9.82 Å². The SMILES string of the molecule is Cc1cc(NC(=O)CCNc2ccccc2[N+](=O)[O-])ccc1NC(=O)c1cccc(S(C)(=O)=O)c1. The highest BCUT2D eigenvalue weighted by Gasteiger charge is 2.14. The molecule has 0 fully saturated rings. The van der Waals surface area contributed by atoms with Crippen molar-refractivity contribution in [1.29, 1.82) is 0 Å². The normalized spacial score (nSPS) is 10.9. The number of carbonyl (C=O) groups excluding carboxylic acids is 2. The second-order valence-corrected chi connectivity index (χ2v) is 9.80. The van der Waals surface area contributed by atoms with Crippen LogP contribution < -0.4 is 16.0 Å². The Morgan fingerprint density at radius 2 is 1.69 bits per heavy atom. The summed E-state index contributed by atoms with van der Waals surface area (Å²) < 4.78 is 23.5. The zero-order chi connectivity index (χ0) is 25.6. The van der Waals surface area contributed by atoms with Crippen LogP contribution >= 0.6 is 0 Å². The van der Waals surface area contributed by atoms with Gasteiger partial charge in [0, 0.05) is 42.2 Å². The first-order valence-corrected chi connectivity index (χ1v) is 12.4. The first kappa shape index (κ1) is 25.4. The van der Waals surface area contributed by atoms with Gasteiger partial charge in [-0.3, -0.25) is 19.7 Å². The van der Waals surface area contributed by atoms with Crippen molar-refractivity contribution in [1.82, 2.24) is 0 Å². The van der Waals surface area contributed by atoms with Gasteiger partial charge < -0.3 is 16.0 Å². The number of nitro benzene ring substituents is 1. The lowest BCUT2D eigenvalue weighted by Crippen LogP contribution is -2.17. The molecule has 35 heavy (non-hydrogen) atoms. The minimum absolute atomic E-state index is 0.0521. The van der Waals surface area contributed by atoms with Gasteiger partial charge in [0.1, 0.15) is 5.69 Å². The Hall–Kier alpha value is -4.25. The molecule has 11 heteroatoms. The summed E-state index contributed by atoms with van der Waals surface area (Å²) in [6.07, 6.45) is 1.16. The molecule has 0 aliphatic heterocycles. The largest absolute Gasteiger partial charge is 0.379 e. The molecule has 0 bridgehead atoms. The summed E-state index contributed by atoms with van der Waals surface area (Å²) in [5, 5.41) is 19.4. The summed E-state index contributed by atoms with van der Waals surface area (Å²) in [6, 6.07) is 16.9. The van der Waals surface area contributed by atoms with Gasteiger partial charge in [-0.15, -0.1) is 0 Å². The van der Waals surface area contributed by atoms with Crippen LogP contribution in [0, 0.1) is 17.0 Å². The molecule has 0 radical (unpaired) electrons. The molecule has 0 unspecified atom stereocenters. The van der Waals surface area contributed by atoms with E-state index in [0.29, 0.717) is 22.6 Å². The Kier molecular flexibility index (Phi) is 7.82. The van der Waals surface area contributed by atoms with Crippen molar-refractivity contribution < 1.29 is 22.9 Å². The van der Waals surface area contributed by atoms with E-state index in [1.165, 1.54) is 30.3 Å². The van der Waals surface area contributed by atoms with E-state index in [2.05, 4.69) is 16.0 Å². The monoisotopic (exact) mass is 496 g/mol. The van der Waals surface area contributed by atoms with Crippen LogP contribution in [0.2, 0.25) is 0 Å². The molecule has 0 saturated heterocycles. The predicted octanol–water partition coefficient (Wildman–Crippen LogP) is 4.00. The lowest BCUT2D eigenvalue weighted by molar-refractivity contribution is -0.384. The van der Waals surface area contributed by atoms with Crippen LogP contribution in [-0.2, 0) is 14.6 Å². The summed E-state index contributed by atoms with van der Waals surface area (Å²) >= 11 is 0. The molecule has 0 heterocycles. The minimum Gasteiger partial charge on any atom is -0.379 e. The Morgan fingerprint density at radius 3 is 2.37 bits per heavy atom. The van der Waals surface area contributed by atoms with E-state index in [9.17, 15) is 28.1 Å². The number of nitrogens with zero attached hydrogens (tertiary/aromatic N) is 1. The lowest BCUT2D eigenvalue weighted by Gasteiger charge is -2.12. The van der Waals surface area contributed by atoms with Gasteiger partial charge in [0.25, 0.3) is 11.6 Å². The van der Waals surface area contributed by atoms with E-state index in [4.69, 9.17) is 0 Å². The third kappa shape index (κ3) is 6.87. The van der Waals surface area contributed by atoms with Crippen LogP contribution in [0.25, 0.3) is 0 Å². The van der Waals surface area contributed by atoms with E-state index < -0.39 is 20.7 Å². The number of carbonyl (C=O) groups is 2. The number of para-hydroxylation sites is 2. The maximum Gasteiger partial charge on any atom is 0.292 e. The molecular weight excluding hydrogens is 472 g/mol. The van der Waals surface area contributed by atoms with Crippen molar-refractivity contribution in [2.45, 2.75) is 18.2 Å². The van der Waals surface area contributed by atoms with Crippen molar-refractivity contribution in [3.8, 4) is 0 Å². The molecule has 182 valence electrons. The molecule has 0 saturated carbocycles. The number of amides is 2. The van der Waals surface area contributed by atoms with Gasteiger partial charge in [-0.2, -0.15) is 0 Å². The van der Waals surface area contributed by atoms with Crippen molar-refractivity contribution >= 4 is 44.4 Å². The number of hydrogen-bond acceptors (Lipinski definition) is 7. The molecule has 0 atom stereocenters. The van der Waals surface area contributed by atoms with Gasteiger partial charge in [0.15, 0.2) is 9.84 Å². The quantitative estimate of drug-likeness (QED) is 0.300. The van der Waals surface area contributed by atoms with Crippen LogP contribution in [0.5, 0.6) is 0 Å². The van der Waals surface area contributed by atoms with Crippen molar-refractivity contribution in [3.63, 3.8) is 0 Å². The topological polar surface area (TPSA) is 148 Å². The van der Waals surface area contributed by atoms with Crippen molar-refractivity contribution in [3.05, 3.63) is 88.0 Å². The maximum absolute atomic E-state index is 12.6. The molecule has 3 aromatic rings. The van der Waals surface area contributed by atoms with Gasteiger partial charge in [0.2, 0.25) is 5.91 Å². The summed E-state index contributed by atoms with van der Waals surface area (Å²) in [7, 11) is -3.44. The minimum atomic E-state index is -3.44. The average Bonchev–Trinajstić information content (AvgIpc) is 2.80. The number of aryl methyl sites for hydroxylation is 1. The maximum atomic E-state index is 12.6. The fraction of sp³-hybridized carbons (Fsp3) is 0.167. The molecule has 2 amide bonds. The number of anilines is 3. The van der Waals surface area contributed by atoms with Crippen LogP contribution in [0.3, 0.4) is 0 Å². The summed E-state index contributed by atoms with van der Waals surface area (Å²) in [6.45, 7) is 1.96. The standard InChI is InChI=1S/C24H24N4O6S/c1-16-14-18(26-23(29)12-13-25-21-8-3-4-9-22(21)28(31)32)10-11-20(16)27-24(30)17-6-5-7-19(15-17)35(2,33)34/h3-11,14-15,25H,12-13H2,1-2H3,(H,26,29)(H,27,30).